The zero-order valence-corrected chi connectivity index (χ0v) is 16.9. The van der Waals surface area contributed by atoms with Crippen LogP contribution in [0.4, 0.5) is 11.4 Å². The molecular weight excluding hydrogens is 412 g/mol. The number of nitrogens with two attached hydrogens (primary N) is 1. The van der Waals surface area contributed by atoms with Gasteiger partial charge in [0.25, 0.3) is 10.1 Å². The monoisotopic (exact) mass is 430 g/mol. The lowest BCUT2D eigenvalue weighted by Crippen LogP contribution is -2.32. The van der Waals surface area contributed by atoms with Crippen molar-refractivity contribution in [2.75, 3.05) is 17.3 Å². The van der Waals surface area contributed by atoms with Gasteiger partial charge in [-0.05, 0) is 19.9 Å². The SMILES string of the molecule is C=C(C)C(=O)ON(CC)c1cc(S(=O)(=O)O)c(N)c2c1C(=O)c1ccccc1C2=O. The standard InChI is InChI=1S/C20H18N2O7S/c1-4-22(29-20(25)10(2)3)13-9-14(30(26,27)28)17(21)16-15(13)18(23)11-7-5-6-8-12(11)19(16)24/h5-9H,2,4,21H2,1,3H3,(H,26,27,28). The molecule has 0 unspecified atom stereocenters. The van der Waals surface area contributed by atoms with Gasteiger partial charge in [0.15, 0.2) is 11.6 Å². The lowest BCUT2D eigenvalue weighted by atomic mass is 9.82. The maximum atomic E-state index is 13.2. The third kappa shape index (κ3) is 3.36. The molecule has 0 amide bonds. The molecule has 0 bridgehead atoms. The fourth-order valence-corrected chi connectivity index (χ4v) is 3.79. The molecule has 0 saturated heterocycles. The molecule has 2 aromatic carbocycles. The number of rotatable bonds is 5. The first-order chi connectivity index (χ1) is 14.0. The molecule has 0 fully saturated rings. The molecule has 0 heterocycles. The Balaban J connectivity index is 2.38. The van der Waals surface area contributed by atoms with E-state index in [0.717, 1.165) is 11.1 Å². The number of ketones is 2. The van der Waals surface area contributed by atoms with E-state index in [4.69, 9.17) is 10.6 Å². The minimum atomic E-state index is -4.87. The molecule has 0 aliphatic heterocycles. The van der Waals surface area contributed by atoms with Gasteiger partial charge in [-0.15, -0.1) is 0 Å². The van der Waals surface area contributed by atoms with Crippen molar-refractivity contribution in [3.8, 4) is 0 Å². The summed E-state index contributed by atoms with van der Waals surface area (Å²) < 4.78 is 33.4. The van der Waals surface area contributed by atoms with E-state index in [2.05, 4.69) is 6.58 Å². The van der Waals surface area contributed by atoms with Gasteiger partial charge < -0.3 is 10.6 Å². The molecule has 156 valence electrons. The van der Waals surface area contributed by atoms with Crippen molar-refractivity contribution < 1.29 is 32.2 Å². The summed E-state index contributed by atoms with van der Waals surface area (Å²) in [6, 6.07) is 6.88. The predicted octanol–water partition coefficient (Wildman–Crippen LogP) is 2.15. The van der Waals surface area contributed by atoms with Gasteiger partial charge >= 0.3 is 5.97 Å². The molecule has 2 aromatic rings. The van der Waals surface area contributed by atoms with Crippen molar-refractivity contribution in [1.29, 1.82) is 0 Å². The molecule has 3 N–H and O–H groups in total. The van der Waals surface area contributed by atoms with Crippen LogP contribution in [-0.4, -0.2) is 37.1 Å². The summed E-state index contributed by atoms with van der Waals surface area (Å²) in [6.45, 7) is 6.44. The van der Waals surface area contributed by atoms with Crippen molar-refractivity contribution in [2.24, 2.45) is 0 Å². The second kappa shape index (κ2) is 7.39. The number of carbonyl (C=O) groups is 3. The smallest absolute Gasteiger partial charge is 0.358 e. The number of carbonyl (C=O) groups excluding carboxylic acids is 3. The van der Waals surface area contributed by atoms with Crippen LogP contribution in [0.3, 0.4) is 0 Å². The predicted molar refractivity (Wildman–Crippen MR) is 108 cm³/mol. The Morgan fingerprint density at radius 2 is 1.70 bits per heavy atom. The summed E-state index contributed by atoms with van der Waals surface area (Å²) >= 11 is 0. The normalized spacial score (nSPS) is 12.8. The van der Waals surface area contributed by atoms with Gasteiger partial charge in [0.05, 0.1) is 29.0 Å². The van der Waals surface area contributed by atoms with E-state index in [1.807, 2.05) is 0 Å². The Labute approximate surface area is 172 Å². The molecular formula is C20H18N2O7S. The number of fused-ring (bicyclic) bond motifs is 2. The van der Waals surface area contributed by atoms with Crippen LogP contribution in [0.1, 0.15) is 45.7 Å². The van der Waals surface area contributed by atoms with Gasteiger partial charge in [-0.1, -0.05) is 30.8 Å². The topological polar surface area (TPSA) is 144 Å². The van der Waals surface area contributed by atoms with Crippen LogP contribution in [0.5, 0.6) is 0 Å². The summed E-state index contributed by atoms with van der Waals surface area (Å²) in [5, 5.41) is 0.948. The molecule has 0 aromatic heterocycles. The van der Waals surface area contributed by atoms with Gasteiger partial charge in [-0.2, -0.15) is 8.42 Å². The summed E-state index contributed by atoms with van der Waals surface area (Å²) in [5.74, 6) is -2.12. The maximum Gasteiger partial charge on any atom is 0.358 e. The van der Waals surface area contributed by atoms with Gasteiger partial charge in [-0.25, -0.2) is 9.86 Å². The molecule has 10 heteroatoms. The first kappa shape index (κ1) is 21.2. The zero-order chi connectivity index (χ0) is 22.4. The number of nitrogens with zero attached hydrogens (tertiary/aromatic N) is 1. The third-order valence-corrected chi connectivity index (χ3v) is 5.45. The van der Waals surface area contributed by atoms with E-state index in [-0.39, 0.29) is 40.1 Å². The highest BCUT2D eigenvalue weighted by Gasteiger charge is 2.38. The van der Waals surface area contributed by atoms with E-state index < -0.39 is 38.2 Å². The molecule has 0 saturated carbocycles. The van der Waals surface area contributed by atoms with Crippen LogP contribution in [0.2, 0.25) is 0 Å². The number of hydrogen-bond donors (Lipinski definition) is 2. The molecule has 0 atom stereocenters. The van der Waals surface area contributed by atoms with E-state index >= 15 is 0 Å². The number of benzene rings is 2. The van der Waals surface area contributed by atoms with Crippen molar-refractivity contribution in [3.05, 3.63) is 64.7 Å². The van der Waals surface area contributed by atoms with Crippen LogP contribution < -0.4 is 10.8 Å². The Kier molecular flexibility index (Phi) is 5.23. The fraction of sp³-hybridized carbons (Fsp3) is 0.150. The highest BCUT2D eigenvalue weighted by molar-refractivity contribution is 7.86. The van der Waals surface area contributed by atoms with Crippen molar-refractivity contribution in [2.45, 2.75) is 18.7 Å². The lowest BCUT2D eigenvalue weighted by Gasteiger charge is -2.28. The van der Waals surface area contributed by atoms with Crippen molar-refractivity contribution >= 4 is 39.0 Å². The highest BCUT2D eigenvalue weighted by atomic mass is 32.2. The zero-order valence-electron chi connectivity index (χ0n) is 16.1. The van der Waals surface area contributed by atoms with E-state index in [0.29, 0.717) is 0 Å². The summed E-state index contributed by atoms with van der Waals surface area (Å²) in [7, 11) is -4.87. The molecule has 0 spiro atoms. The summed E-state index contributed by atoms with van der Waals surface area (Å²) in [5.41, 5.74) is 4.74. The van der Waals surface area contributed by atoms with Crippen LogP contribution in [0, 0.1) is 0 Å². The Morgan fingerprint density at radius 1 is 1.17 bits per heavy atom. The minimum Gasteiger partial charge on any atom is -0.397 e. The van der Waals surface area contributed by atoms with Gasteiger partial charge in [0, 0.05) is 16.7 Å². The molecule has 0 radical (unpaired) electrons. The Morgan fingerprint density at radius 3 is 2.17 bits per heavy atom. The Hall–Kier alpha value is -3.50. The van der Waals surface area contributed by atoms with E-state index in [1.54, 1.807) is 19.1 Å². The lowest BCUT2D eigenvalue weighted by molar-refractivity contribution is -0.140. The van der Waals surface area contributed by atoms with Gasteiger partial charge in [0.2, 0.25) is 0 Å². The summed E-state index contributed by atoms with van der Waals surface area (Å²) in [6.07, 6.45) is 0. The maximum absolute atomic E-state index is 13.2. The fourth-order valence-electron chi connectivity index (χ4n) is 3.15. The summed E-state index contributed by atoms with van der Waals surface area (Å²) in [4.78, 5) is 42.8. The highest BCUT2D eigenvalue weighted by Crippen LogP contribution is 2.40. The second-order valence-electron chi connectivity index (χ2n) is 6.59. The van der Waals surface area contributed by atoms with Crippen LogP contribution in [0.15, 0.2) is 47.4 Å². The average molecular weight is 430 g/mol. The minimum absolute atomic E-state index is 0.0105. The quantitative estimate of drug-likeness (QED) is 0.269. The van der Waals surface area contributed by atoms with Gasteiger partial charge in [-0.3, -0.25) is 14.1 Å². The van der Waals surface area contributed by atoms with E-state index in [1.165, 1.54) is 19.1 Å². The molecule has 1 aliphatic carbocycles. The largest absolute Gasteiger partial charge is 0.397 e. The number of hydrogen-bond acceptors (Lipinski definition) is 8. The van der Waals surface area contributed by atoms with Crippen LogP contribution in [0.25, 0.3) is 0 Å². The molecule has 30 heavy (non-hydrogen) atoms. The third-order valence-electron chi connectivity index (χ3n) is 4.55. The van der Waals surface area contributed by atoms with Crippen LogP contribution >= 0.6 is 0 Å². The molecule has 9 nitrogen and oxygen atoms in total. The molecule has 1 aliphatic rings. The Bertz CT molecular complexity index is 1230. The number of hydroxylamine groups is 1. The second-order valence-corrected chi connectivity index (χ2v) is 7.98. The van der Waals surface area contributed by atoms with Crippen LogP contribution in [-0.2, 0) is 19.8 Å². The number of anilines is 2. The first-order valence-electron chi connectivity index (χ1n) is 8.76. The van der Waals surface area contributed by atoms with Gasteiger partial charge in [0.1, 0.15) is 4.90 Å². The van der Waals surface area contributed by atoms with E-state index in [9.17, 15) is 27.4 Å². The average Bonchev–Trinajstić information content (AvgIpc) is 2.68. The van der Waals surface area contributed by atoms with Crippen molar-refractivity contribution in [1.82, 2.24) is 0 Å². The first-order valence-corrected chi connectivity index (χ1v) is 10.2. The number of nitrogen functional groups attached to an aromatic ring is 1. The van der Waals surface area contributed by atoms with Crippen molar-refractivity contribution in [3.63, 3.8) is 0 Å². The molecule has 3 rings (SSSR count).